The van der Waals surface area contributed by atoms with Crippen LogP contribution in [0.4, 0.5) is 4.39 Å². The van der Waals surface area contributed by atoms with Gasteiger partial charge in [0.15, 0.2) is 0 Å². The van der Waals surface area contributed by atoms with Crippen LogP contribution in [0.15, 0.2) is 36.4 Å². The number of benzene rings is 2. The van der Waals surface area contributed by atoms with E-state index in [9.17, 15) is 9.18 Å². The molecule has 0 saturated heterocycles. The molecule has 3 nitrogen and oxygen atoms in total. The molecule has 0 spiro atoms. The quantitative estimate of drug-likeness (QED) is 0.782. The van der Waals surface area contributed by atoms with Gasteiger partial charge < -0.3 is 9.47 Å². The van der Waals surface area contributed by atoms with Crippen LogP contribution in [-0.4, -0.2) is 13.4 Å². The zero-order valence-electron chi connectivity index (χ0n) is 11.4. The second-order valence-corrected chi connectivity index (χ2v) is 4.39. The van der Waals surface area contributed by atoms with Crippen LogP contribution in [0.1, 0.15) is 21.5 Å². The van der Waals surface area contributed by atoms with Gasteiger partial charge in [-0.25, -0.2) is 4.39 Å². The molecular weight excluding hydrogens is 259 g/mol. The minimum Gasteiger partial charge on any atom is -0.496 e. The largest absolute Gasteiger partial charge is 0.496 e. The van der Waals surface area contributed by atoms with E-state index >= 15 is 0 Å². The fourth-order valence-electron chi connectivity index (χ4n) is 1.81. The third-order valence-corrected chi connectivity index (χ3v) is 2.98. The zero-order valence-corrected chi connectivity index (χ0v) is 11.4. The first-order valence-electron chi connectivity index (χ1n) is 6.15. The van der Waals surface area contributed by atoms with Gasteiger partial charge in [0.1, 0.15) is 30.2 Å². The Morgan fingerprint density at radius 3 is 2.65 bits per heavy atom. The maximum absolute atomic E-state index is 13.4. The summed E-state index contributed by atoms with van der Waals surface area (Å²) >= 11 is 0. The van der Waals surface area contributed by atoms with Crippen LogP contribution in [0.3, 0.4) is 0 Å². The molecule has 2 rings (SSSR count). The van der Waals surface area contributed by atoms with Gasteiger partial charge in [-0.15, -0.1) is 0 Å². The molecule has 2 aromatic carbocycles. The Bertz CT molecular complexity index is 623. The highest BCUT2D eigenvalue weighted by molar-refractivity contribution is 5.75. The van der Waals surface area contributed by atoms with E-state index in [1.807, 2.05) is 0 Å². The molecule has 0 heterocycles. The fourth-order valence-corrected chi connectivity index (χ4v) is 1.81. The number of ether oxygens (including phenoxy) is 2. The van der Waals surface area contributed by atoms with E-state index in [4.69, 9.17) is 9.47 Å². The van der Waals surface area contributed by atoms with Gasteiger partial charge >= 0.3 is 0 Å². The summed E-state index contributed by atoms with van der Waals surface area (Å²) in [4.78, 5) is 10.8. The summed E-state index contributed by atoms with van der Waals surface area (Å²) in [6.45, 7) is 1.89. The van der Waals surface area contributed by atoms with Crippen molar-refractivity contribution in [1.29, 1.82) is 0 Å². The molecule has 0 aliphatic heterocycles. The van der Waals surface area contributed by atoms with Gasteiger partial charge in [0.2, 0.25) is 0 Å². The predicted molar refractivity (Wildman–Crippen MR) is 73.9 cm³/mol. The number of rotatable bonds is 5. The predicted octanol–water partition coefficient (Wildman–Crippen LogP) is 3.53. The molecule has 0 bridgehead atoms. The van der Waals surface area contributed by atoms with E-state index in [0.29, 0.717) is 22.6 Å². The molecule has 4 heteroatoms. The molecule has 0 aromatic heterocycles. The van der Waals surface area contributed by atoms with Gasteiger partial charge in [0.25, 0.3) is 0 Å². The summed E-state index contributed by atoms with van der Waals surface area (Å²) in [7, 11) is 1.55. The SMILES string of the molecule is COc1ccc(C=O)cc1COc1ccc(C)c(F)c1. The maximum atomic E-state index is 13.4. The Morgan fingerprint density at radius 1 is 1.20 bits per heavy atom. The minimum atomic E-state index is -0.309. The summed E-state index contributed by atoms with van der Waals surface area (Å²) in [5.41, 5.74) is 1.84. The molecule has 0 fully saturated rings. The monoisotopic (exact) mass is 274 g/mol. The molecule has 2 aromatic rings. The van der Waals surface area contributed by atoms with E-state index in [1.165, 1.54) is 6.07 Å². The van der Waals surface area contributed by atoms with Gasteiger partial charge in [0, 0.05) is 17.2 Å². The first-order valence-corrected chi connectivity index (χ1v) is 6.15. The Labute approximate surface area is 117 Å². The number of hydrogen-bond acceptors (Lipinski definition) is 3. The number of aldehydes is 1. The highest BCUT2D eigenvalue weighted by atomic mass is 19.1. The summed E-state index contributed by atoms with van der Waals surface area (Å²) in [6.07, 6.45) is 0.758. The van der Waals surface area contributed by atoms with Crippen molar-refractivity contribution < 1.29 is 18.7 Å². The fraction of sp³-hybridized carbons (Fsp3) is 0.188. The lowest BCUT2D eigenvalue weighted by molar-refractivity contribution is 0.112. The van der Waals surface area contributed by atoms with E-state index in [1.54, 1.807) is 44.4 Å². The van der Waals surface area contributed by atoms with Crippen molar-refractivity contribution in [2.24, 2.45) is 0 Å². The van der Waals surface area contributed by atoms with Crippen LogP contribution in [0, 0.1) is 12.7 Å². The number of carbonyl (C=O) groups is 1. The normalized spacial score (nSPS) is 10.2. The number of aryl methyl sites for hydroxylation is 1. The Kier molecular flexibility index (Phi) is 4.35. The maximum Gasteiger partial charge on any atom is 0.150 e. The molecular formula is C16H15FO3. The van der Waals surface area contributed by atoms with Crippen LogP contribution in [0.25, 0.3) is 0 Å². The van der Waals surface area contributed by atoms with Crippen molar-refractivity contribution in [2.75, 3.05) is 7.11 Å². The van der Waals surface area contributed by atoms with Crippen molar-refractivity contribution in [2.45, 2.75) is 13.5 Å². The number of methoxy groups -OCH3 is 1. The molecule has 0 aliphatic rings. The molecule has 20 heavy (non-hydrogen) atoms. The lowest BCUT2D eigenvalue weighted by atomic mass is 10.1. The van der Waals surface area contributed by atoms with Crippen LogP contribution >= 0.6 is 0 Å². The smallest absolute Gasteiger partial charge is 0.150 e. The molecule has 0 saturated carbocycles. The van der Waals surface area contributed by atoms with Crippen molar-refractivity contribution >= 4 is 6.29 Å². The highest BCUT2D eigenvalue weighted by Gasteiger charge is 2.06. The molecule has 0 N–H and O–H groups in total. The second-order valence-electron chi connectivity index (χ2n) is 4.39. The second kappa shape index (κ2) is 6.19. The van der Waals surface area contributed by atoms with Gasteiger partial charge in [0.05, 0.1) is 7.11 Å². The Hall–Kier alpha value is -2.36. The third kappa shape index (κ3) is 3.15. The summed E-state index contributed by atoms with van der Waals surface area (Å²) in [6, 6.07) is 9.76. The summed E-state index contributed by atoms with van der Waals surface area (Å²) in [5.74, 6) is 0.756. The van der Waals surface area contributed by atoms with Gasteiger partial charge in [-0.3, -0.25) is 4.79 Å². The van der Waals surface area contributed by atoms with Crippen LogP contribution in [-0.2, 0) is 6.61 Å². The van der Waals surface area contributed by atoms with Crippen LogP contribution in [0.5, 0.6) is 11.5 Å². The summed E-state index contributed by atoms with van der Waals surface area (Å²) < 4.78 is 24.2. The average molecular weight is 274 g/mol. The first kappa shape index (κ1) is 14.1. The number of carbonyl (C=O) groups excluding carboxylic acids is 1. The van der Waals surface area contributed by atoms with Crippen molar-refractivity contribution in [3.8, 4) is 11.5 Å². The zero-order chi connectivity index (χ0) is 14.5. The average Bonchev–Trinajstić information content (AvgIpc) is 2.48. The lowest BCUT2D eigenvalue weighted by Crippen LogP contribution is -2.00. The first-order chi connectivity index (χ1) is 9.63. The number of halogens is 1. The topological polar surface area (TPSA) is 35.5 Å². The van der Waals surface area contributed by atoms with Gasteiger partial charge in [-0.2, -0.15) is 0 Å². The standard InChI is InChI=1S/C16H15FO3/c1-11-3-5-14(8-15(11)17)20-10-13-7-12(9-18)4-6-16(13)19-2/h3-9H,10H2,1-2H3. The minimum absolute atomic E-state index is 0.202. The van der Waals surface area contributed by atoms with Crippen molar-refractivity contribution in [3.63, 3.8) is 0 Å². The molecule has 0 radical (unpaired) electrons. The van der Waals surface area contributed by atoms with Gasteiger partial charge in [-0.05, 0) is 36.8 Å². The molecule has 104 valence electrons. The van der Waals surface area contributed by atoms with E-state index in [0.717, 1.165) is 11.8 Å². The van der Waals surface area contributed by atoms with Gasteiger partial charge in [-0.1, -0.05) is 6.07 Å². The Morgan fingerprint density at radius 2 is 2.00 bits per heavy atom. The van der Waals surface area contributed by atoms with Crippen molar-refractivity contribution in [3.05, 3.63) is 58.9 Å². The Balaban J connectivity index is 2.17. The molecule has 0 aliphatic carbocycles. The molecule has 0 unspecified atom stereocenters. The van der Waals surface area contributed by atoms with Crippen molar-refractivity contribution in [1.82, 2.24) is 0 Å². The van der Waals surface area contributed by atoms with Crippen LogP contribution in [0.2, 0.25) is 0 Å². The van der Waals surface area contributed by atoms with E-state index in [2.05, 4.69) is 0 Å². The lowest BCUT2D eigenvalue weighted by Gasteiger charge is -2.11. The molecule has 0 atom stereocenters. The number of hydrogen-bond donors (Lipinski definition) is 0. The van der Waals surface area contributed by atoms with E-state index < -0.39 is 0 Å². The van der Waals surface area contributed by atoms with Crippen LogP contribution < -0.4 is 9.47 Å². The third-order valence-electron chi connectivity index (χ3n) is 2.98. The van der Waals surface area contributed by atoms with E-state index in [-0.39, 0.29) is 12.4 Å². The highest BCUT2D eigenvalue weighted by Crippen LogP contribution is 2.22. The summed E-state index contributed by atoms with van der Waals surface area (Å²) in [5, 5.41) is 0. The molecule has 0 amide bonds.